The highest BCUT2D eigenvalue weighted by molar-refractivity contribution is 5.72. The predicted octanol–water partition coefficient (Wildman–Crippen LogP) is 0.464. The average Bonchev–Trinajstić information content (AvgIpc) is 1.88. The summed E-state index contributed by atoms with van der Waals surface area (Å²) in [5, 5.41) is 0. The van der Waals surface area contributed by atoms with E-state index < -0.39 is 0 Å². The van der Waals surface area contributed by atoms with Crippen LogP contribution in [0, 0.1) is 0 Å². The molecule has 0 saturated carbocycles. The van der Waals surface area contributed by atoms with Crippen molar-refractivity contribution >= 4 is 5.97 Å². The van der Waals surface area contributed by atoms with Crippen molar-refractivity contribution in [3.05, 3.63) is 11.8 Å². The molecule has 0 aromatic heterocycles. The summed E-state index contributed by atoms with van der Waals surface area (Å²) in [6, 6.07) is 0. The number of ether oxygens (including phenoxy) is 2. The Kier molecular flexibility index (Phi) is 1.85. The molecule has 0 N–H and O–H groups in total. The molecule has 1 rings (SSSR count). The molecule has 1 fully saturated rings. The number of cyclic esters (lactones) is 1. The van der Waals surface area contributed by atoms with Gasteiger partial charge in [-0.05, 0) is 13.0 Å². The minimum absolute atomic E-state index is 0.0807. The third kappa shape index (κ3) is 1.54. The lowest BCUT2D eigenvalue weighted by molar-refractivity contribution is -0.151. The second kappa shape index (κ2) is 2.64. The van der Waals surface area contributed by atoms with E-state index in [1.165, 1.54) is 0 Å². The summed E-state index contributed by atoms with van der Waals surface area (Å²) in [7, 11) is 0. The molecule has 1 heterocycles. The fraction of sp³-hybridized carbons (Fsp3) is 0.500. The maximum atomic E-state index is 10.4. The quantitative estimate of drug-likeness (QED) is 0.445. The van der Waals surface area contributed by atoms with Crippen molar-refractivity contribution in [1.82, 2.24) is 0 Å². The highest BCUT2D eigenvalue weighted by Crippen LogP contribution is 2.04. The van der Waals surface area contributed by atoms with Crippen LogP contribution >= 0.6 is 0 Å². The van der Waals surface area contributed by atoms with Crippen LogP contribution in [0.25, 0.3) is 0 Å². The lowest BCUT2D eigenvalue weighted by atomic mass is 10.4. The fourth-order valence-corrected chi connectivity index (χ4v) is 0.582. The monoisotopic (exact) mass is 128 g/mol. The Morgan fingerprint density at radius 2 is 2.33 bits per heavy atom. The van der Waals surface area contributed by atoms with E-state index in [0.717, 1.165) is 0 Å². The Balaban J connectivity index is 2.51. The molecular formula is C6H8O3. The largest absolute Gasteiger partial charge is 0.427 e. The summed E-state index contributed by atoms with van der Waals surface area (Å²) in [6.45, 7) is 2.30. The molecule has 3 nitrogen and oxygen atoms in total. The molecule has 0 amide bonds. The zero-order valence-corrected chi connectivity index (χ0v) is 5.22. The van der Waals surface area contributed by atoms with E-state index in [4.69, 9.17) is 9.47 Å². The Morgan fingerprint density at radius 3 is 2.78 bits per heavy atom. The van der Waals surface area contributed by atoms with Gasteiger partial charge in [0.1, 0.15) is 19.0 Å². The zero-order chi connectivity index (χ0) is 6.69. The van der Waals surface area contributed by atoms with Gasteiger partial charge in [-0.1, -0.05) is 0 Å². The van der Waals surface area contributed by atoms with Crippen molar-refractivity contribution in [2.45, 2.75) is 6.92 Å². The average molecular weight is 128 g/mol. The van der Waals surface area contributed by atoms with Gasteiger partial charge in [0.15, 0.2) is 0 Å². The summed E-state index contributed by atoms with van der Waals surface area (Å²) in [6.07, 6.45) is 1.72. The van der Waals surface area contributed by atoms with Crippen LogP contribution in [0.5, 0.6) is 0 Å². The van der Waals surface area contributed by atoms with Crippen LogP contribution in [0.3, 0.4) is 0 Å². The van der Waals surface area contributed by atoms with Gasteiger partial charge < -0.3 is 9.47 Å². The van der Waals surface area contributed by atoms with Crippen LogP contribution in [-0.4, -0.2) is 19.2 Å². The maximum Gasteiger partial charge on any atom is 0.337 e. The van der Waals surface area contributed by atoms with Crippen LogP contribution in [0.2, 0.25) is 0 Å². The van der Waals surface area contributed by atoms with E-state index in [-0.39, 0.29) is 12.6 Å². The molecule has 9 heavy (non-hydrogen) atoms. The first-order valence-electron chi connectivity index (χ1n) is 2.76. The lowest BCUT2D eigenvalue weighted by Gasteiger charge is -2.13. The van der Waals surface area contributed by atoms with Crippen molar-refractivity contribution < 1.29 is 14.3 Å². The molecule has 1 saturated heterocycles. The number of esters is 1. The first kappa shape index (κ1) is 6.29. The molecule has 0 atom stereocenters. The molecule has 0 spiro atoms. The number of hydrogen-bond acceptors (Lipinski definition) is 3. The van der Waals surface area contributed by atoms with Gasteiger partial charge in [0.25, 0.3) is 0 Å². The van der Waals surface area contributed by atoms with Crippen LogP contribution in [0.15, 0.2) is 11.8 Å². The second-order valence-electron chi connectivity index (χ2n) is 1.72. The molecule has 0 aromatic rings. The van der Waals surface area contributed by atoms with Crippen molar-refractivity contribution in [2.75, 3.05) is 13.2 Å². The number of carbonyl (C=O) groups excluding carboxylic acids is 1. The summed E-state index contributed by atoms with van der Waals surface area (Å²) < 4.78 is 9.58. The molecule has 0 bridgehead atoms. The molecule has 1 aliphatic rings. The van der Waals surface area contributed by atoms with Crippen LogP contribution in [0.1, 0.15) is 6.92 Å². The number of allylic oxidation sites excluding steroid dienone is 1. The van der Waals surface area contributed by atoms with Gasteiger partial charge >= 0.3 is 5.97 Å². The Morgan fingerprint density at radius 1 is 1.56 bits per heavy atom. The van der Waals surface area contributed by atoms with Crippen molar-refractivity contribution in [2.24, 2.45) is 0 Å². The SMILES string of the molecule is CC=C1COCC(=O)O1. The van der Waals surface area contributed by atoms with Crippen molar-refractivity contribution in [1.29, 1.82) is 0 Å². The summed E-state index contributed by atoms with van der Waals surface area (Å²) >= 11 is 0. The standard InChI is InChI=1S/C6H8O3/c1-2-5-3-8-4-6(7)9-5/h2H,3-4H2,1H3. The number of carbonyl (C=O) groups is 1. The van der Waals surface area contributed by atoms with E-state index in [9.17, 15) is 4.79 Å². The second-order valence-corrected chi connectivity index (χ2v) is 1.72. The van der Waals surface area contributed by atoms with Crippen molar-refractivity contribution in [3.8, 4) is 0 Å². The van der Waals surface area contributed by atoms with Crippen LogP contribution < -0.4 is 0 Å². The molecule has 0 unspecified atom stereocenters. The normalized spacial score (nSPS) is 24.1. The van der Waals surface area contributed by atoms with Gasteiger partial charge in [0, 0.05) is 0 Å². The van der Waals surface area contributed by atoms with Crippen LogP contribution in [0.4, 0.5) is 0 Å². The van der Waals surface area contributed by atoms with Gasteiger partial charge in [0.2, 0.25) is 0 Å². The summed E-state index contributed by atoms with van der Waals surface area (Å²) in [4.78, 5) is 10.4. The first-order valence-corrected chi connectivity index (χ1v) is 2.76. The molecular weight excluding hydrogens is 120 g/mol. The van der Waals surface area contributed by atoms with E-state index >= 15 is 0 Å². The van der Waals surface area contributed by atoms with Crippen molar-refractivity contribution in [3.63, 3.8) is 0 Å². The molecule has 50 valence electrons. The van der Waals surface area contributed by atoms with E-state index in [1.54, 1.807) is 13.0 Å². The number of hydrogen-bond donors (Lipinski definition) is 0. The fourth-order valence-electron chi connectivity index (χ4n) is 0.582. The molecule has 0 aromatic carbocycles. The van der Waals surface area contributed by atoms with E-state index in [2.05, 4.69) is 0 Å². The Bertz CT molecular complexity index is 148. The lowest BCUT2D eigenvalue weighted by Crippen LogP contribution is -2.21. The highest BCUT2D eigenvalue weighted by atomic mass is 16.6. The van der Waals surface area contributed by atoms with E-state index in [1.807, 2.05) is 0 Å². The third-order valence-electron chi connectivity index (χ3n) is 1.03. The predicted molar refractivity (Wildman–Crippen MR) is 30.7 cm³/mol. The Hall–Kier alpha value is -0.830. The summed E-state index contributed by atoms with van der Waals surface area (Å²) in [5.41, 5.74) is 0. The highest BCUT2D eigenvalue weighted by Gasteiger charge is 2.12. The van der Waals surface area contributed by atoms with Gasteiger partial charge in [-0.3, -0.25) is 0 Å². The molecule has 0 radical (unpaired) electrons. The van der Waals surface area contributed by atoms with E-state index in [0.29, 0.717) is 12.4 Å². The molecule has 1 aliphatic heterocycles. The van der Waals surface area contributed by atoms with Crippen LogP contribution in [-0.2, 0) is 14.3 Å². The maximum absolute atomic E-state index is 10.4. The van der Waals surface area contributed by atoms with Gasteiger partial charge in [-0.15, -0.1) is 0 Å². The molecule has 0 aliphatic carbocycles. The Labute approximate surface area is 53.3 Å². The molecule has 3 heteroatoms. The smallest absolute Gasteiger partial charge is 0.337 e. The van der Waals surface area contributed by atoms with Gasteiger partial charge in [-0.2, -0.15) is 0 Å². The number of rotatable bonds is 0. The minimum Gasteiger partial charge on any atom is -0.427 e. The minimum atomic E-state index is -0.311. The van der Waals surface area contributed by atoms with Gasteiger partial charge in [0.05, 0.1) is 0 Å². The van der Waals surface area contributed by atoms with Gasteiger partial charge in [-0.25, -0.2) is 4.79 Å². The third-order valence-corrected chi connectivity index (χ3v) is 1.03. The first-order chi connectivity index (χ1) is 4.33. The zero-order valence-electron chi connectivity index (χ0n) is 5.22. The topological polar surface area (TPSA) is 35.5 Å². The summed E-state index contributed by atoms with van der Waals surface area (Å²) in [5.74, 6) is 0.292.